The molecule has 0 amide bonds. The van der Waals surface area contributed by atoms with Crippen molar-refractivity contribution in [2.45, 2.75) is 30.5 Å². The highest BCUT2D eigenvalue weighted by Gasteiger charge is 2.43. The van der Waals surface area contributed by atoms with Gasteiger partial charge in [-0.05, 0) is 29.8 Å². The predicted octanol–water partition coefficient (Wildman–Crippen LogP) is 0.994. The highest BCUT2D eigenvalue weighted by atomic mass is 16.5. The van der Waals surface area contributed by atoms with Gasteiger partial charge in [-0.3, -0.25) is 0 Å². The Bertz CT molecular complexity index is 642. The van der Waals surface area contributed by atoms with E-state index in [9.17, 15) is 20.4 Å². The first-order valence-electron chi connectivity index (χ1n) is 7.73. The minimum Gasteiger partial charge on any atom is -0.457 e. The summed E-state index contributed by atoms with van der Waals surface area (Å²) in [5.74, 6) is 1.33. The number of hydrogen-bond acceptors (Lipinski definition) is 6. The van der Waals surface area contributed by atoms with Gasteiger partial charge in [-0.2, -0.15) is 0 Å². The average Bonchev–Trinajstić information content (AvgIpc) is 2.62. The summed E-state index contributed by atoms with van der Waals surface area (Å²) in [6, 6.07) is 16.2. The molecule has 0 unspecified atom stereocenters. The third-order valence-electron chi connectivity index (χ3n) is 4.08. The summed E-state index contributed by atoms with van der Waals surface area (Å²) in [6.07, 6.45) is -5.80. The first-order chi connectivity index (χ1) is 11.6. The van der Waals surface area contributed by atoms with E-state index in [-0.39, 0.29) is 0 Å². The maximum Gasteiger partial charge on any atom is 0.127 e. The molecule has 24 heavy (non-hydrogen) atoms. The van der Waals surface area contributed by atoms with Crippen LogP contribution in [0.4, 0.5) is 0 Å². The zero-order valence-corrected chi connectivity index (χ0v) is 12.9. The van der Waals surface area contributed by atoms with E-state index in [2.05, 4.69) is 0 Å². The van der Waals surface area contributed by atoms with Gasteiger partial charge in [0.05, 0.1) is 6.61 Å². The number of aliphatic hydroxyl groups is 4. The minimum absolute atomic E-state index is 0.448. The summed E-state index contributed by atoms with van der Waals surface area (Å²) in [7, 11) is 0. The molecule has 5 atom stereocenters. The summed E-state index contributed by atoms with van der Waals surface area (Å²) in [4.78, 5) is 0. The second kappa shape index (κ2) is 7.29. The van der Waals surface area contributed by atoms with Crippen LogP contribution >= 0.6 is 0 Å². The Kier molecular flexibility index (Phi) is 5.13. The van der Waals surface area contributed by atoms with Gasteiger partial charge in [0.1, 0.15) is 42.0 Å². The molecule has 1 saturated heterocycles. The fraction of sp³-hybridized carbons (Fsp3) is 0.333. The molecule has 2 aromatic carbocycles. The zero-order chi connectivity index (χ0) is 17.1. The lowest BCUT2D eigenvalue weighted by Crippen LogP contribution is -2.55. The summed E-state index contributed by atoms with van der Waals surface area (Å²) in [5, 5.41) is 39.1. The molecule has 0 spiro atoms. The molecule has 6 heteroatoms. The summed E-state index contributed by atoms with van der Waals surface area (Å²) in [5.41, 5.74) is 0.618. The molecule has 1 aliphatic rings. The van der Waals surface area contributed by atoms with E-state index in [0.717, 1.165) is 0 Å². The second-order valence-electron chi connectivity index (χ2n) is 5.73. The molecule has 1 heterocycles. The number of hydrogen-bond donors (Lipinski definition) is 4. The largest absolute Gasteiger partial charge is 0.457 e. The van der Waals surface area contributed by atoms with Crippen molar-refractivity contribution in [1.82, 2.24) is 0 Å². The SMILES string of the molecule is OC[C@H]1O[C@H](c2ccc(Oc3ccccc3)cc2)[C@@H](O)[C@@H](O)[C@@H]1O. The van der Waals surface area contributed by atoms with E-state index < -0.39 is 37.1 Å². The van der Waals surface area contributed by atoms with Gasteiger partial charge in [0.2, 0.25) is 0 Å². The number of rotatable bonds is 4. The number of benzene rings is 2. The number of ether oxygens (including phenoxy) is 2. The molecule has 6 nitrogen and oxygen atoms in total. The van der Waals surface area contributed by atoms with Crippen molar-refractivity contribution >= 4 is 0 Å². The molecule has 0 saturated carbocycles. The van der Waals surface area contributed by atoms with E-state index in [0.29, 0.717) is 17.1 Å². The Morgan fingerprint density at radius 2 is 1.42 bits per heavy atom. The van der Waals surface area contributed by atoms with Crippen molar-refractivity contribution in [3.63, 3.8) is 0 Å². The van der Waals surface area contributed by atoms with Gasteiger partial charge >= 0.3 is 0 Å². The van der Waals surface area contributed by atoms with Gasteiger partial charge in [-0.15, -0.1) is 0 Å². The molecule has 3 rings (SSSR count). The van der Waals surface area contributed by atoms with Gasteiger partial charge in [-0.1, -0.05) is 30.3 Å². The van der Waals surface area contributed by atoms with Crippen LogP contribution in [0.3, 0.4) is 0 Å². The van der Waals surface area contributed by atoms with Crippen molar-refractivity contribution in [2.24, 2.45) is 0 Å². The summed E-state index contributed by atoms with van der Waals surface area (Å²) < 4.78 is 11.2. The normalized spacial score (nSPS) is 30.1. The van der Waals surface area contributed by atoms with Crippen LogP contribution in [0.15, 0.2) is 54.6 Å². The van der Waals surface area contributed by atoms with Gasteiger partial charge in [0.25, 0.3) is 0 Å². The minimum atomic E-state index is -1.39. The van der Waals surface area contributed by atoms with Crippen molar-refractivity contribution in [3.8, 4) is 11.5 Å². The third-order valence-corrected chi connectivity index (χ3v) is 4.08. The molecular formula is C18H20O6. The highest BCUT2D eigenvalue weighted by Crippen LogP contribution is 2.33. The van der Waals surface area contributed by atoms with Crippen LogP contribution in [0.1, 0.15) is 11.7 Å². The van der Waals surface area contributed by atoms with Gasteiger partial charge in [-0.25, -0.2) is 0 Å². The Morgan fingerprint density at radius 3 is 2.04 bits per heavy atom. The van der Waals surface area contributed by atoms with Crippen molar-refractivity contribution in [3.05, 3.63) is 60.2 Å². The van der Waals surface area contributed by atoms with E-state index in [4.69, 9.17) is 9.47 Å². The highest BCUT2D eigenvalue weighted by molar-refractivity contribution is 5.34. The Morgan fingerprint density at radius 1 is 0.792 bits per heavy atom. The van der Waals surface area contributed by atoms with Gasteiger partial charge in [0.15, 0.2) is 0 Å². The van der Waals surface area contributed by atoms with Crippen LogP contribution in [0.25, 0.3) is 0 Å². The predicted molar refractivity (Wildman–Crippen MR) is 85.7 cm³/mol. The van der Waals surface area contributed by atoms with Crippen molar-refractivity contribution in [2.75, 3.05) is 6.61 Å². The molecule has 0 bridgehead atoms. The molecule has 1 aliphatic heterocycles. The Hall–Kier alpha value is -1.96. The first kappa shape index (κ1) is 16.9. The molecular weight excluding hydrogens is 312 g/mol. The topological polar surface area (TPSA) is 99.4 Å². The Balaban J connectivity index is 1.75. The number of aliphatic hydroxyl groups excluding tert-OH is 4. The second-order valence-corrected chi connectivity index (χ2v) is 5.73. The molecule has 1 fully saturated rings. The van der Waals surface area contributed by atoms with Crippen LogP contribution < -0.4 is 4.74 Å². The first-order valence-corrected chi connectivity index (χ1v) is 7.73. The van der Waals surface area contributed by atoms with E-state index in [1.807, 2.05) is 30.3 Å². The molecule has 4 N–H and O–H groups in total. The van der Waals surface area contributed by atoms with Crippen molar-refractivity contribution < 1.29 is 29.9 Å². The average molecular weight is 332 g/mol. The lowest BCUT2D eigenvalue weighted by Gasteiger charge is -2.40. The van der Waals surface area contributed by atoms with Crippen LogP contribution in [-0.4, -0.2) is 51.4 Å². The summed E-state index contributed by atoms with van der Waals surface area (Å²) >= 11 is 0. The lowest BCUT2D eigenvalue weighted by atomic mass is 9.91. The maximum absolute atomic E-state index is 10.1. The molecule has 0 aliphatic carbocycles. The maximum atomic E-state index is 10.1. The van der Waals surface area contributed by atoms with E-state index >= 15 is 0 Å². The fourth-order valence-electron chi connectivity index (χ4n) is 2.73. The summed E-state index contributed by atoms with van der Waals surface area (Å²) in [6.45, 7) is -0.448. The fourth-order valence-corrected chi connectivity index (χ4v) is 2.73. The van der Waals surface area contributed by atoms with Crippen LogP contribution in [0.2, 0.25) is 0 Å². The molecule has 2 aromatic rings. The zero-order valence-electron chi connectivity index (χ0n) is 12.9. The smallest absolute Gasteiger partial charge is 0.127 e. The molecule has 0 aromatic heterocycles. The monoisotopic (exact) mass is 332 g/mol. The van der Waals surface area contributed by atoms with Crippen molar-refractivity contribution in [1.29, 1.82) is 0 Å². The van der Waals surface area contributed by atoms with E-state index in [1.165, 1.54) is 0 Å². The quantitative estimate of drug-likeness (QED) is 0.666. The van der Waals surface area contributed by atoms with Gasteiger partial charge in [0, 0.05) is 0 Å². The molecule has 128 valence electrons. The van der Waals surface area contributed by atoms with Crippen LogP contribution in [0, 0.1) is 0 Å². The van der Waals surface area contributed by atoms with Gasteiger partial charge < -0.3 is 29.9 Å². The van der Waals surface area contributed by atoms with Crippen LogP contribution in [0.5, 0.6) is 11.5 Å². The number of para-hydroxylation sites is 1. The van der Waals surface area contributed by atoms with Crippen LogP contribution in [-0.2, 0) is 4.74 Å². The lowest BCUT2D eigenvalue weighted by molar-refractivity contribution is -0.231. The third kappa shape index (κ3) is 3.43. The standard InChI is InChI=1S/C18H20O6/c19-10-14-15(20)16(21)17(22)18(24-14)11-6-8-13(9-7-11)23-12-4-2-1-3-5-12/h1-9,14-22H,10H2/t14-,15-,16+,17+,18-/m1/s1. The van der Waals surface area contributed by atoms with E-state index in [1.54, 1.807) is 24.3 Å². The Labute approximate surface area is 139 Å². The molecule has 0 radical (unpaired) electrons.